The smallest absolute Gasteiger partial charge is 0.255 e. The van der Waals surface area contributed by atoms with Gasteiger partial charge in [-0.2, -0.15) is 10.2 Å². The molecule has 1 amide bonds. The molecule has 0 fully saturated rings. The summed E-state index contributed by atoms with van der Waals surface area (Å²) in [7, 11) is 0. The molecule has 8 heteroatoms. The van der Waals surface area contributed by atoms with Crippen LogP contribution in [0.3, 0.4) is 0 Å². The van der Waals surface area contributed by atoms with Gasteiger partial charge in [0, 0.05) is 18.3 Å². The van der Waals surface area contributed by atoms with Gasteiger partial charge in [0.25, 0.3) is 5.91 Å². The first-order valence-electron chi connectivity index (χ1n) is 9.74. The van der Waals surface area contributed by atoms with E-state index in [-0.39, 0.29) is 12.5 Å². The SMILES string of the molecule is CCn1c(CNC(=O)c2cn(Cc3ccccc3)nc2-c2ccccc2)n[nH]c1=S. The number of aromatic amines is 1. The summed E-state index contributed by atoms with van der Waals surface area (Å²) in [6, 6.07) is 19.8. The largest absolute Gasteiger partial charge is 0.345 e. The third-order valence-electron chi connectivity index (χ3n) is 4.80. The van der Waals surface area contributed by atoms with Gasteiger partial charge in [-0.3, -0.25) is 14.6 Å². The van der Waals surface area contributed by atoms with Gasteiger partial charge in [-0.05, 0) is 24.7 Å². The summed E-state index contributed by atoms with van der Waals surface area (Å²) in [5.41, 5.74) is 3.18. The van der Waals surface area contributed by atoms with Crippen LogP contribution in [0.15, 0.2) is 66.9 Å². The Morgan fingerprint density at radius 3 is 2.50 bits per heavy atom. The molecule has 152 valence electrons. The zero-order valence-corrected chi connectivity index (χ0v) is 17.4. The van der Waals surface area contributed by atoms with E-state index in [0.717, 1.165) is 11.1 Å². The van der Waals surface area contributed by atoms with Crippen LogP contribution < -0.4 is 5.32 Å². The first-order chi connectivity index (χ1) is 14.7. The summed E-state index contributed by atoms with van der Waals surface area (Å²) in [6.45, 7) is 3.53. The normalized spacial score (nSPS) is 10.8. The third kappa shape index (κ3) is 4.23. The fourth-order valence-corrected chi connectivity index (χ4v) is 3.59. The molecule has 4 rings (SSSR count). The van der Waals surface area contributed by atoms with Crippen molar-refractivity contribution in [3.63, 3.8) is 0 Å². The molecular formula is C22H22N6OS. The van der Waals surface area contributed by atoms with E-state index in [0.29, 0.717) is 34.9 Å². The maximum atomic E-state index is 13.0. The average Bonchev–Trinajstić information content (AvgIpc) is 3.36. The molecule has 2 heterocycles. The number of hydrogen-bond donors (Lipinski definition) is 2. The van der Waals surface area contributed by atoms with Gasteiger partial charge in [0.1, 0.15) is 5.69 Å². The van der Waals surface area contributed by atoms with Crippen LogP contribution >= 0.6 is 12.2 Å². The van der Waals surface area contributed by atoms with E-state index in [1.165, 1.54) is 0 Å². The average molecular weight is 419 g/mol. The quantitative estimate of drug-likeness (QED) is 0.447. The van der Waals surface area contributed by atoms with E-state index >= 15 is 0 Å². The van der Waals surface area contributed by atoms with Crippen molar-refractivity contribution in [3.8, 4) is 11.3 Å². The number of rotatable bonds is 7. The standard InChI is InChI=1S/C22H22N6OS/c1-2-28-19(24-25-22(28)30)13-23-21(29)18-15-27(14-16-9-5-3-6-10-16)26-20(18)17-11-7-4-8-12-17/h3-12,15H,2,13-14H2,1H3,(H,23,29)(H,25,30). The van der Waals surface area contributed by atoms with Crippen LogP contribution in [-0.4, -0.2) is 30.5 Å². The lowest BCUT2D eigenvalue weighted by atomic mass is 10.1. The van der Waals surface area contributed by atoms with E-state index in [2.05, 4.69) is 15.5 Å². The van der Waals surface area contributed by atoms with Gasteiger partial charge in [-0.1, -0.05) is 60.7 Å². The van der Waals surface area contributed by atoms with E-state index in [9.17, 15) is 4.79 Å². The van der Waals surface area contributed by atoms with Crippen LogP contribution in [0.4, 0.5) is 0 Å². The van der Waals surface area contributed by atoms with Gasteiger partial charge in [-0.15, -0.1) is 0 Å². The molecular weight excluding hydrogens is 396 g/mol. The monoisotopic (exact) mass is 418 g/mol. The lowest BCUT2D eigenvalue weighted by molar-refractivity contribution is 0.0950. The minimum Gasteiger partial charge on any atom is -0.345 e. The molecule has 0 saturated carbocycles. The molecule has 0 aliphatic carbocycles. The van der Waals surface area contributed by atoms with Crippen LogP contribution in [0.25, 0.3) is 11.3 Å². The lowest BCUT2D eigenvalue weighted by Gasteiger charge is -2.06. The number of hydrogen-bond acceptors (Lipinski definition) is 4. The fraction of sp³-hybridized carbons (Fsp3) is 0.182. The summed E-state index contributed by atoms with van der Waals surface area (Å²) in [5.74, 6) is 0.485. The molecule has 0 aliphatic rings. The molecule has 2 N–H and O–H groups in total. The van der Waals surface area contributed by atoms with Gasteiger partial charge in [0.15, 0.2) is 10.6 Å². The maximum Gasteiger partial charge on any atom is 0.255 e. The van der Waals surface area contributed by atoms with E-state index in [1.54, 1.807) is 10.9 Å². The van der Waals surface area contributed by atoms with Crippen molar-refractivity contribution in [1.82, 2.24) is 29.9 Å². The Balaban J connectivity index is 1.61. The molecule has 2 aromatic heterocycles. The number of carbonyl (C=O) groups is 1. The number of aromatic nitrogens is 5. The first kappa shape index (κ1) is 19.8. The zero-order chi connectivity index (χ0) is 20.9. The Labute approximate surface area is 179 Å². The van der Waals surface area contributed by atoms with Crippen molar-refractivity contribution in [2.24, 2.45) is 0 Å². The number of nitrogens with one attached hydrogen (secondary N) is 2. The topological polar surface area (TPSA) is 80.5 Å². The predicted octanol–water partition coefficient (Wildman–Crippen LogP) is 3.80. The molecule has 0 aliphatic heterocycles. The first-order valence-corrected chi connectivity index (χ1v) is 10.2. The molecule has 4 aromatic rings. The van der Waals surface area contributed by atoms with Gasteiger partial charge in [0.2, 0.25) is 0 Å². The Morgan fingerprint density at radius 1 is 1.10 bits per heavy atom. The molecule has 2 aromatic carbocycles. The van der Waals surface area contributed by atoms with E-state index < -0.39 is 0 Å². The number of H-pyrrole nitrogens is 1. The number of amides is 1. The van der Waals surface area contributed by atoms with Crippen LogP contribution in [0.5, 0.6) is 0 Å². The van der Waals surface area contributed by atoms with Crippen molar-refractivity contribution < 1.29 is 4.79 Å². The van der Waals surface area contributed by atoms with Crippen molar-refractivity contribution in [1.29, 1.82) is 0 Å². The fourth-order valence-electron chi connectivity index (χ4n) is 3.31. The molecule has 0 radical (unpaired) electrons. The Morgan fingerprint density at radius 2 is 1.80 bits per heavy atom. The molecule has 0 atom stereocenters. The molecule has 30 heavy (non-hydrogen) atoms. The highest BCUT2D eigenvalue weighted by molar-refractivity contribution is 7.71. The van der Waals surface area contributed by atoms with Gasteiger partial charge in [0.05, 0.1) is 18.7 Å². The molecule has 0 unspecified atom stereocenters. The van der Waals surface area contributed by atoms with Crippen molar-refractivity contribution >= 4 is 18.1 Å². The molecule has 0 saturated heterocycles. The second kappa shape index (κ2) is 8.87. The Hall–Kier alpha value is -3.52. The van der Waals surface area contributed by atoms with Crippen LogP contribution in [0.1, 0.15) is 28.7 Å². The lowest BCUT2D eigenvalue weighted by Crippen LogP contribution is -2.25. The second-order valence-corrected chi connectivity index (χ2v) is 7.20. The molecule has 0 bridgehead atoms. The minimum atomic E-state index is -0.204. The zero-order valence-electron chi connectivity index (χ0n) is 16.6. The van der Waals surface area contributed by atoms with E-state index in [4.69, 9.17) is 17.3 Å². The van der Waals surface area contributed by atoms with Gasteiger partial charge < -0.3 is 9.88 Å². The van der Waals surface area contributed by atoms with Gasteiger partial charge in [-0.25, -0.2) is 0 Å². The third-order valence-corrected chi connectivity index (χ3v) is 5.11. The summed E-state index contributed by atoms with van der Waals surface area (Å²) >= 11 is 5.21. The Kier molecular flexibility index (Phi) is 5.85. The number of nitrogens with zero attached hydrogens (tertiary/aromatic N) is 4. The highest BCUT2D eigenvalue weighted by atomic mass is 32.1. The van der Waals surface area contributed by atoms with E-state index in [1.807, 2.05) is 72.2 Å². The summed E-state index contributed by atoms with van der Waals surface area (Å²) < 4.78 is 4.20. The summed E-state index contributed by atoms with van der Waals surface area (Å²) in [4.78, 5) is 13.0. The highest BCUT2D eigenvalue weighted by Crippen LogP contribution is 2.22. The summed E-state index contributed by atoms with van der Waals surface area (Å²) in [6.07, 6.45) is 1.79. The predicted molar refractivity (Wildman–Crippen MR) is 117 cm³/mol. The molecule has 7 nitrogen and oxygen atoms in total. The van der Waals surface area contributed by atoms with Crippen LogP contribution in [-0.2, 0) is 19.6 Å². The van der Waals surface area contributed by atoms with Crippen molar-refractivity contribution in [3.05, 3.63) is 88.6 Å². The van der Waals surface area contributed by atoms with Gasteiger partial charge >= 0.3 is 0 Å². The molecule has 0 spiro atoms. The number of carbonyl (C=O) groups excluding carboxylic acids is 1. The number of benzene rings is 2. The van der Waals surface area contributed by atoms with Crippen LogP contribution in [0.2, 0.25) is 0 Å². The summed E-state index contributed by atoms with van der Waals surface area (Å²) in [5, 5.41) is 14.6. The Bertz CT molecular complexity index is 1190. The second-order valence-electron chi connectivity index (χ2n) is 6.81. The van der Waals surface area contributed by atoms with Crippen molar-refractivity contribution in [2.75, 3.05) is 0 Å². The maximum absolute atomic E-state index is 13.0. The minimum absolute atomic E-state index is 0.204. The highest BCUT2D eigenvalue weighted by Gasteiger charge is 2.18. The van der Waals surface area contributed by atoms with Crippen molar-refractivity contribution in [2.45, 2.75) is 26.6 Å². The van der Waals surface area contributed by atoms with Crippen LogP contribution in [0, 0.1) is 4.77 Å².